The molecule has 0 unspecified atom stereocenters. The minimum absolute atomic E-state index is 0.0769. The van der Waals surface area contributed by atoms with Gasteiger partial charge in [-0.05, 0) is 34.1 Å². The molecule has 0 aliphatic heterocycles. The van der Waals surface area contributed by atoms with Crippen LogP contribution in [0.1, 0.15) is 48.0 Å². The highest BCUT2D eigenvalue weighted by Crippen LogP contribution is 2.31. The van der Waals surface area contributed by atoms with Crippen molar-refractivity contribution in [2.45, 2.75) is 53.6 Å². The molecule has 0 fully saturated rings. The standard InChI is InChI=1S/C12H22O4/c1-7-15-10(14)16-12(5,6)8-11(3,4)9(2)13/h7-8H2,1-6H3. The predicted molar refractivity (Wildman–Crippen MR) is 61.3 cm³/mol. The minimum Gasteiger partial charge on any atom is -0.435 e. The van der Waals surface area contributed by atoms with Gasteiger partial charge in [0.25, 0.3) is 0 Å². The maximum atomic E-state index is 11.4. The minimum atomic E-state index is -0.707. The Morgan fingerprint density at radius 2 is 1.62 bits per heavy atom. The largest absolute Gasteiger partial charge is 0.508 e. The SMILES string of the molecule is CCOC(=O)OC(C)(C)CC(C)(C)C(C)=O. The van der Waals surface area contributed by atoms with Crippen LogP contribution in [-0.2, 0) is 14.3 Å². The Labute approximate surface area is 97.3 Å². The summed E-state index contributed by atoms with van der Waals surface area (Å²) >= 11 is 0. The summed E-state index contributed by atoms with van der Waals surface area (Å²) in [5.41, 5.74) is -1.21. The molecule has 4 nitrogen and oxygen atoms in total. The average Bonchev–Trinajstić information content (AvgIpc) is 1.99. The van der Waals surface area contributed by atoms with E-state index >= 15 is 0 Å². The number of ether oxygens (including phenoxy) is 2. The number of carbonyl (C=O) groups excluding carboxylic acids is 2. The van der Waals surface area contributed by atoms with E-state index < -0.39 is 17.2 Å². The highest BCUT2D eigenvalue weighted by Gasteiger charge is 2.35. The summed E-state index contributed by atoms with van der Waals surface area (Å²) < 4.78 is 9.86. The van der Waals surface area contributed by atoms with Crippen LogP contribution in [-0.4, -0.2) is 24.1 Å². The van der Waals surface area contributed by atoms with Crippen LogP contribution in [0.2, 0.25) is 0 Å². The molecule has 0 saturated heterocycles. The summed E-state index contributed by atoms with van der Waals surface area (Å²) in [4.78, 5) is 22.6. The maximum Gasteiger partial charge on any atom is 0.508 e. The van der Waals surface area contributed by atoms with E-state index in [2.05, 4.69) is 0 Å². The molecule has 0 rings (SSSR count). The van der Waals surface area contributed by atoms with E-state index in [4.69, 9.17) is 9.47 Å². The smallest absolute Gasteiger partial charge is 0.435 e. The number of Topliss-reactive ketones (excluding diaryl/α,β-unsaturated/α-hetero) is 1. The van der Waals surface area contributed by atoms with Crippen molar-refractivity contribution in [2.75, 3.05) is 6.61 Å². The van der Waals surface area contributed by atoms with E-state index in [1.54, 1.807) is 27.7 Å². The third kappa shape index (κ3) is 5.14. The van der Waals surface area contributed by atoms with Gasteiger partial charge >= 0.3 is 6.16 Å². The third-order valence-corrected chi connectivity index (χ3v) is 2.44. The number of carbonyl (C=O) groups is 2. The Hall–Kier alpha value is -1.06. The van der Waals surface area contributed by atoms with Gasteiger partial charge in [0.2, 0.25) is 0 Å². The molecule has 0 aromatic rings. The van der Waals surface area contributed by atoms with Crippen molar-refractivity contribution in [3.05, 3.63) is 0 Å². The molecule has 0 spiro atoms. The van der Waals surface area contributed by atoms with Gasteiger partial charge in [-0.25, -0.2) is 4.79 Å². The lowest BCUT2D eigenvalue weighted by Crippen LogP contribution is -2.37. The molecular formula is C12H22O4. The fourth-order valence-electron chi connectivity index (χ4n) is 1.60. The second-order valence-corrected chi connectivity index (χ2v) is 5.16. The van der Waals surface area contributed by atoms with Gasteiger partial charge in [-0.2, -0.15) is 0 Å². The van der Waals surface area contributed by atoms with Crippen molar-refractivity contribution >= 4 is 11.9 Å². The zero-order valence-electron chi connectivity index (χ0n) is 11.0. The van der Waals surface area contributed by atoms with Crippen molar-refractivity contribution in [1.82, 2.24) is 0 Å². The first-order chi connectivity index (χ1) is 7.10. The molecule has 0 saturated carbocycles. The monoisotopic (exact) mass is 230 g/mol. The first-order valence-electron chi connectivity index (χ1n) is 5.47. The Balaban J connectivity index is 4.45. The molecule has 16 heavy (non-hydrogen) atoms. The van der Waals surface area contributed by atoms with Gasteiger partial charge in [0.1, 0.15) is 11.4 Å². The predicted octanol–water partition coefficient (Wildman–Crippen LogP) is 2.94. The first kappa shape index (κ1) is 14.9. The fraction of sp³-hybridized carbons (Fsp3) is 0.833. The molecule has 0 radical (unpaired) electrons. The summed E-state index contributed by atoms with van der Waals surface area (Å²) in [6.07, 6.45) is -0.222. The highest BCUT2D eigenvalue weighted by atomic mass is 16.7. The van der Waals surface area contributed by atoms with E-state index in [1.165, 1.54) is 0 Å². The molecule has 0 amide bonds. The lowest BCUT2D eigenvalue weighted by atomic mass is 9.79. The Bertz CT molecular complexity index is 266. The molecule has 0 aliphatic carbocycles. The highest BCUT2D eigenvalue weighted by molar-refractivity contribution is 5.81. The second kappa shape index (κ2) is 5.32. The summed E-state index contributed by atoms with van der Waals surface area (Å²) in [6.45, 7) is 10.8. The molecule has 0 bridgehead atoms. The van der Waals surface area contributed by atoms with Gasteiger partial charge in [-0.1, -0.05) is 13.8 Å². The van der Waals surface area contributed by atoms with Gasteiger partial charge in [-0.3, -0.25) is 4.79 Å². The number of hydrogen-bond acceptors (Lipinski definition) is 4. The molecule has 0 N–H and O–H groups in total. The molecule has 0 heterocycles. The Morgan fingerprint density at radius 3 is 2.00 bits per heavy atom. The van der Waals surface area contributed by atoms with Crippen molar-refractivity contribution in [3.8, 4) is 0 Å². The van der Waals surface area contributed by atoms with E-state index in [0.29, 0.717) is 6.42 Å². The molecule has 0 aromatic carbocycles. The third-order valence-electron chi connectivity index (χ3n) is 2.44. The molecule has 0 atom stereocenters. The quantitative estimate of drug-likeness (QED) is 0.681. The van der Waals surface area contributed by atoms with E-state index in [9.17, 15) is 9.59 Å². The van der Waals surface area contributed by atoms with Gasteiger partial charge in [-0.15, -0.1) is 0 Å². The van der Waals surface area contributed by atoms with E-state index in [0.717, 1.165) is 0 Å². The Morgan fingerprint density at radius 1 is 1.12 bits per heavy atom. The van der Waals surface area contributed by atoms with Crippen LogP contribution >= 0.6 is 0 Å². The topological polar surface area (TPSA) is 52.6 Å². The van der Waals surface area contributed by atoms with Gasteiger partial charge < -0.3 is 9.47 Å². The van der Waals surface area contributed by atoms with Crippen LogP contribution in [0, 0.1) is 5.41 Å². The zero-order chi connectivity index (χ0) is 13.0. The number of hydrogen-bond donors (Lipinski definition) is 0. The molecule has 0 aromatic heterocycles. The zero-order valence-corrected chi connectivity index (χ0v) is 11.0. The fourth-order valence-corrected chi connectivity index (χ4v) is 1.60. The molecule has 0 aliphatic rings. The van der Waals surface area contributed by atoms with Crippen molar-refractivity contribution in [1.29, 1.82) is 0 Å². The lowest BCUT2D eigenvalue weighted by Gasteiger charge is -2.32. The van der Waals surface area contributed by atoms with Crippen molar-refractivity contribution in [3.63, 3.8) is 0 Å². The van der Waals surface area contributed by atoms with Gasteiger partial charge in [0.15, 0.2) is 0 Å². The molecule has 4 heteroatoms. The maximum absolute atomic E-state index is 11.4. The summed E-state index contributed by atoms with van der Waals surface area (Å²) in [5.74, 6) is 0.0769. The van der Waals surface area contributed by atoms with Crippen LogP contribution in [0.4, 0.5) is 4.79 Å². The average molecular weight is 230 g/mol. The van der Waals surface area contributed by atoms with Crippen LogP contribution in [0.15, 0.2) is 0 Å². The van der Waals surface area contributed by atoms with Gasteiger partial charge in [0, 0.05) is 5.41 Å². The molecule has 94 valence electrons. The number of rotatable bonds is 5. The lowest BCUT2D eigenvalue weighted by molar-refractivity contribution is -0.128. The van der Waals surface area contributed by atoms with Crippen LogP contribution in [0.3, 0.4) is 0 Å². The molecular weight excluding hydrogens is 208 g/mol. The summed E-state index contributed by atoms with van der Waals surface area (Å²) in [6, 6.07) is 0. The summed E-state index contributed by atoms with van der Waals surface area (Å²) in [7, 11) is 0. The van der Waals surface area contributed by atoms with Gasteiger partial charge in [0.05, 0.1) is 6.61 Å². The van der Waals surface area contributed by atoms with Crippen LogP contribution in [0.5, 0.6) is 0 Å². The van der Waals surface area contributed by atoms with E-state index in [1.807, 2.05) is 13.8 Å². The number of ketones is 1. The second-order valence-electron chi connectivity index (χ2n) is 5.16. The van der Waals surface area contributed by atoms with Crippen LogP contribution < -0.4 is 0 Å². The summed E-state index contributed by atoms with van der Waals surface area (Å²) in [5, 5.41) is 0. The van der Waals surface area contributed by atoms with Crippen LogP contribution in [0.25, 0.3) is 0 Å². The Kier molecular flexibility index (Phi) is 4.97. The van der Waals surface area contributed by atoms with Crippen molar-refractivity contribution < 1.29 is 19.1 Å². The van der Waals surface area contributed by atoms with Crippen molar-refractivity contribution in [2.24, 2.45) is 5.41 Å². The first-order valence-corrected chi connectivity index (χ1v) is 5.47. The normalized spacial score (nSPS) is 12.1. The van der Waals surface area contributed by atoms with E-state index in [-0.39, 0.29) is 12.4 Å².